The average Bonchev–Trinajstić information content (AvgIpc) is 3.16. The number of carbonyl (C=O) groups is 1. The van der Waals surface area contributed by atoms with Gasteiger partial charge in [0.1, 0.15) is 0 Å². The zero-order valence-corrected chi connectivity index (χ0v) is 15.4. The van der Waals surface area contributed by atoms with Crippen molar-refractivity contribution >= 4 is 17.5 Å². The van der Waals surface area contributed by atoms with Crippen LogP contribution in [0.2, 0.25) is 0 Å². The quantitative estimate of drug-likeness (QED) is 0.684. The first kappa shape index (κ1) is 17.5. The molecule has 6 nitrogen and oxygen atoms in total. The number of benzene rings is 1. The molecule has 1 aliphatic rings. The summed E-state index contributed by atoms with van der Waals surface area (Å²) in [6, 6.07) is 16.3. The van der Waals surface area contributed by atoms with Crippen LogP contribution in [0.15, 0.2) is 54.7 Å². The highest BCUT2D eigenvalue weighted by Gasteiger charge is 2.27. The maximum atomic E-state index is 12.6. The van der Waals surface area contributed by atoms with Gasteiger partial charge >= 0.3 is 0 Å². The number of aryl methyl sites for hydroxylation is 1. The molecular weight excluding hydrogens is 338 g/mol. The molecule has 0 saturated carbocycles. The molecule has 3 heterocycles. The van der Waals surface area contributed by atoms with E-state index in [0.29, 0.717) is 6.54 Å². The van der Waals surface area contributed by atoms with Crippen LogP contribution in [0.1, 0.15) is 24.8 Å². The molecule has 1 N–H and O–H groups in total. The number of carbonyl (C=O) groups excluding carboxylic acids is 1. The predicted octanol–water partition coefficient (Wildman–Crippen LogP) is 2.69. The van der Waals surface area contributed by atoms with Crippen LogP contribution in [0.4, 0.5) is 5.95 Å². The second kappa shape index (κ2) is 8.20. The van der Waals surface area contributed by atoms with Gasteiger partial charge in [-0.3, -0.25) is 9.20 Å². The van der Waals surface area contributed by atoms with Crippen LogP contribution >= 0.6 is 0 Å². The smallest absolute Gasteiger partial charge is 0.231 e. The Hall–Kier alpha value is -2.89. The summed E-state index contributed by atoms with van der Waals surface area (Å²) in [4.78, 5) is 14.8. The molecule has 1 atom stereocenters. The fourth-order valence-corrected chi connectivity index (χ4v) is 3.71. The first-order chi connectivity index (χ1) is 13.3. The number of nitrogens with zero attached hydrogens (tertiary/aromatic N) is 4. The van der Waals surface area contributed by atoms with Crippen molar-refractivity contribution in [3.8, 4) is 0 Å². The standard InChI is InChI=1S/C21H25N5O/c27-20(22-13-6-10-17-8-2-1-3-9-17)18-11-7-14-25(16-18)21-24-23-19-12-4-5-15-26(19)21/h1-5,8-9,12,15,18H,6-7,10-11,13-14,16H2,(H,22,27). The van der Waals surface area contributed by atoms with E-state index in [1.807, 2.05) is 34.9 Å². The molecule has 1 unspecified atom stereocenters. The second-order valence-electron chi connectivity index (χ2n) is 7.09. The molecule has 0 bridgehead atoms. The summed E-state index contributed by atoms with van der Waals surface area (Å²) < 4.78 is 1.99. The van der Waals surface area contributed by atoms with Crippen LogP contribution in [0.25, 0.3) is 5.65 Å². The van der Waals surface area contributed by atoms with Crippen LogP contribution in [0.3, 0.4) is 0 Å². The normalized spacial score (nSPS) is 17.2. The number of anilines is 1. The van der Waals surface area contributed by atoms with Gasteiger partial charge in [0.05, 0.1) is 5.92 Å². The molecule has 3 aromatic rings. The van der Waals surface area contributed by atoms with Gasteiger partial charge in [0.15, 0.2) is 5.65 Å². The SMILES string of the molecule is O=C(NCCCc1ccccc1)C1CCCN(c2nnc3ccccn23)C1. The van der Waals surface area contributed by atoms with E-state index in [1.54, 1.807) is 0 Å². The van der Waals surface area contributed by atoms with Crippen molar-refractivity contribution in [2.45, 2.75) is 25.7 Å². The Morgan fingerprint density at radius 1 is 1.11 bits per heavy atom. The summed E-state index contributed by atoms with van der Waals surface area (Å²) in [5.74, 6) is 0.986. The van der Waals surface area contributed by atoms with Crippen molar-refractivity contribution in [1.29, 1.82) is 0 Å². The molecule has 1 aliphatic heterocycles. The third-order valence-corrected chi connectivity index (χ3v) is 5.16. The Bertz CT molecular complexity index is 892. The van der Waals surface area contributed by atoms with Crippen molar-refractivity contribution in [3.05, 3.63) is 60.3 Å². The molecule has 140 valence electrons. The molecule has 1 fully saturated rings. The van der Waals surface area contributed by atoms with Crippen molar-refractivity contribution in [2.75, 3.05) is 24.5 Å². The lowest BCUT2D eigenvalue weighted by molar-refractivity contribution is -0.125. The molecule has 6 heteroatoms. The topological polar surface area (TPSA) is 62.5 Å². The number of amides is 1. The van der Waals surface area contributed by atoms with E-state index in [0.717, 1.165) is 50.4 Å². The summed E-state index contributed by atoms with van der Waals surface area (Å²) in [5.41, 5.74) is 2.15. The number of rotatable bonds is 6. The lowest BCUT2D eigenvalue weighted by Crippen LogP contribution is -2.44. The predicted molar refractivity (Wildman–Crippen MR) is 106 cm³/mol. The minimum Gasteiger partial charge on any atom is -0.356 e. The third-order valence-electron chi connectivity index (χ3n) is 5.16. The van der Waals surface area contributed by atoms with Crippen LogP contribution in [-0.4, -0.2) is 40.1 Å². The highest BCUT2D eigenvalue weighted by Crippen LogP contribution is 2.22. The number of nitrogens with one attached hydrogen (secondary N) is 1. The van der Waals surface area contributed by atoms with Gasteiger partial charge < -0.3 is 10.2 Å². The zero-order valence-electron chi connectivity index (χ0n) is 15.4. The van der Waals surface area contributed by atoms with E-state index in [1.165, 1.54) is 5.56 Å². The number of aromatic nitrogens is 3. The Labute approximate surface area is 159 Å². The van der Waals surface area contributed by atoms with Gasteiger partial charge in [-0.1, -0.05) is 36.4 Å². The average molecular weight is 363 g/mol. The van der Waals surface area contributed by atoms with Crippen LogP contribution in [-0.2, 0) is 11.2 Å². The minimum atomic E-state index is 0.00605. The third kappa shape index (κ3) is 4.10. The Morgan fingerprint density at radius 3 is 2.85 bits per heavy atom. The van der Waals surface area contributed by atoms with E-state index in [9.17, 15) is 4.79 Å². The summed E-state index contributed by atoms with van der Waals surface area (Å²) in [7, 11) is 0. The fourth-order valence-electron chi connectivity index (χ4n) is 3.71. The van der Waals surface area contributed by atoms with Gasteiger partial charge in [0, 0.05) is 25.8 Å². The first-order valence-corrected chi connectivity index (χ1v) is 9.67. The number of fused-ring (bicyclic) bond motifs is 1. The first-order valence-electron chi connectivity index (χ1n) is 9.67. The maximum absolute atomic E-state index is 12.6. The van der Waals surface area contributed by atoms with Crippen molar-refractivity contribution in [1.82, 2.24) is 19.9 Å². The van der Waals surface area contributed by atoms with E-state index in [2.05, 4.69) is 44.7 Å². The van der Waals surface area contributed by atoms with E-state index in [4.69, 9.17) is 0 Å². The summed E-state index contributed by atoms with van der Waals surface area (Å²) in [6.45, 7) is 2.33. The number of hydrogen-bond acceptors (Lipinski definition) is 4. The maximum Gasteiger partial charge on any atom is 0.231 e. The van der Waals surface area contributed by atoms with Crippen molar-refractivity contribution in [3.63, 3.8) is 0 Å². The number of pyridine rings is 1. The van der Waals surface area contributed by atoms with Crippen LogP contribution in [0.5, 0.6) is 0 Å². The van der Waals surface area contributed by atoms with E-state index < -0.39 is 0 Å². The summed E-state index contributed by atoms with van der Waals surface area (Å²) >= 11 is 0. The van der Waals surface area contributed by atoms with Gasteiger partial charge in [-0.15, -0.1) is 10.2 Å². The van der Waals surface area contributed by atoms with E-state index >= 15 is 0 Å². The highest BCUT2D eigenvalue weighted by molar-refractivity contribution is 5.79. The van der Waals surface area contributed by atoms with Crippen LogP contribution < -0.4 is 10.2 Å². The lowest BCUT2D eigenvalue weighted by Gasteiger charge is -2.32. The number of hydrogen-bond donors (Lipinski definition) is 1. The summed E-state index contributed by atoms with van der Waals surface area (Å²) in [5, 5.41) is 11.7. The van der Waals surface area contributed by atoms with Gasteiger partial charge in [0.25, 0.3) is 0 Å². The summed E-state index contributed by atoms with van der Waals surface area (Å²) in [6.07, 6.45) is 5.84. The molecule has 1 amide bonds. The monoisotopic (exact) mass is 363 g/mol. The van der Waals surface area contributed by atoms with Crippen LogP contribution in [0, 0.1) is 5.92 Å². The van der Waals surface area contributed by atoms with Crippen molar-refractivity contribution in [2.24, 2.45) is 5.92 Å². The molecule has 1 aromatic carbocycles. The Morgan fingerprint density at radius 2 is 1.96 bits per heavy atom. The molecule has 27 heavy (non-hydrogen) atoms. The minimum absolute atomic E-state index is 0.00605. The molecule has 0 aliphatic carbocycles. The molecule has 4 rings (SSSR count). The number of piperidine rings is 1. The van der Waals surface area contributed by atoms with E-state index in [-0.39, 0.29) is 11.8 Å². The molecule has 0 spiro atoms. The second-order valence-corrected chi connectivity index (χ2v) is 7.09. The Balaban J connectivity index is 1.30. The fraction of sp³-hybridized carbons (Fsp3) is 0.381. The Kier molecular flexibility index (Phi) is 5.32. The van der Waals surface area contributed by atoms with Crippen molar-refractivity contribution < 1.29 is 4.79 Å². The largest absolute Gasteiger partial charge is 0.356 e. The molecule has 2 aromatic heterocycles. The molecular formula is C21H25N5O. The molecule has 1 saturated heterocycles. The van der Waals surface area contributed by atoms with Gasteiger partial charge in [-0.2, -0.15) is 0 Å². The van der Waals surface area contributed by atoms with Gasteiger partial charge in [0.2, 0.25) is 11.9 Å². The molecule has 0 radical (unpaired) electrons. The zero-order chi connectivity index (χ0) is 18.5. The lowest BCUT2D eigenvalue weighted by atomic mass is 9.97. The highest BCUT2D eigenvalue weighted by atomic mass is 16.1. The van der Waals surface area contributed by atoms with Gasteiger partial charge in [-0.25, -0.2) is 0 Å². The van der Waals surface area contributed by atoms with Gasteiger partial charge in [-0.05, 0) is 43.4 Å².